The van der Waals surface area contributed by atoms with Crippen molar-refractivity contribution in [1.82, 2.24) is 10.5 Å². The average molecular weight is 284 g/mol. The van der Waals surface area contributed by atoms with Crippen molar-refractivity contribution >= 4 is 11.9 Å². The van der Waals surface area contributed by atoms with Gasteiger partial charge in [0.05, 0.1) is 5.41 Å². The monoisotopic (exact) mass is 284 g/mol. The molecule has 0 fully saturated rings. The molecule has 0 saturated carbocycles. The summed E-state index contributed by atoms with van der Waals surface area (Å²) in [5, 5.41) is 15.4. The fourth-order valence-corrected chi connectivity index (χ4v) is 1.75. The van der Waals surface area contributed by atoms with Gasteiger partial charge in [-0.1, -0.05) is 13.8 Å². The number of nitrogens with one attached hydrogen (secondary N) is 1. The zero-order chi connectivity index (χ0) is 15.2. The van der Waals surface area contributed by atoms with Crippen LogP contribution in [0.25, 0.3) is 0 Å². The molecule has 0 unspecified atom stereocenters. The summed E-state index contributed by atoms with van der Waals surface area (Å²) in [4.78, 5) is 22.9. The van der Waals surface area contributed by atoms with Crippen molar-refractivity contribution in [1.29, 1.82) is 0 Å². The van der Waals surface area contributed by atoms with Crippen LogP contribution in [0.2, 0.25) is 0 Å². The summed E-state index contributed by atoms with van der Waals surface area (Å²) in [6, 6.07) is 1.56. The molecular weight excluding hydrogens is 264 g/mol. The molecule has 112 valence electrons. The molecule has 2 N–H and O–H groups in total. The second kappa shape index (κ2) is 6.93. The number of carboxylic acids is 1. The lowest BCUT2D eigenvalue weighted by molar-refractivity contribution is -0.149. The van der Waals surface area contributed by atoms with Crippen LogP contribution in [0.1, 0.15) is 32.4 Å². The van der Waals surface area contributed by atoms with Gasteiger partial charge in [0.1, 0.15) is 5.76 Å². The first-order chi connectivity index (χ1) is 9.43. The van der Waals surface area contributed by atoms with Crippen molar-refractivity contribution in [2.24, 2.45) is 5.41 Å². The number of rotatable bonds is 8. The minimum absolute atomic E-state index is 0.0787. The van der Waals surface area contributed by atoms with Gasteiger partial charge in [0.25, 0.3) is 11.8 Å². The third-order valence-corrected chi connectivity index (χ3v) is 3.39. The molecule has 7 nitrogen and oxygen atoms in total. The number of nitrogens with zero attached hydrogens (tertiary/aromatic N) is 1. The predicted octanol–water partition coefficient (Wildman–Crippen LogP) is 1.37. The van der Waals surface area contributed by atoms with Gasteiger partial charge in [-0.2, -0.15) is 0 Å². The van der Waals surface area contributed by atoms with Gasteiger partial charge in [0.2, 0.25) is 0 Å². The zero-order valence-corrected chi connectivity index (χ0v) is 11.9. The van der Waals surface area contributed by atoms with E-state index in [9.17, 15) is 14.7 Å². The highest BCUT2D eigenvalue weighted by atomic mass is 16.5. The number of amides is 1. The highest BCUT2D eigenvalue weighted by Gasteiger charge is 2.35. The summed E-state index contributed by atoms with van der Waals surface area (Å²) in [6.07, 6.45) is 0.894. The van der Waals surface area contributed by atoms with Crippen molar-refractivity contribution in [3.63, 3.8) is 0 Å². The Morgan fingerprint density at radius 1 is 1.45 bits per heavy atom. The number of aromatic nitrogens is 1. The summed E-state index contributed by atoms with van der Waals surface area (Å²) >= 11 is 0. The number of ether oxygens (including phenoxy) is 1. The first-order valence-electron chi connectivity index (χ1n) is 6.49. The minimum atomic E-state index is -0.930. The van der Waals surface area contributed by atoms with Crippen LogP contribution in [-0.4, -0.2) is 35.3 Å². The number of aryl methyl sites for hydroxylation is 1. The summed E-state index contributed by atoms with van der Waals surface area (Å²) in [5.74, 6) is -0.482. The van der Waals surface area contributed by atoms with Crippen LogP contribution < -0.4 is 10.1 Å². The van der Waals surface area contributed by atoms with Gasteiger partial charge < -0.3 is 19.7 Å². The van der Waals surface area contributed by atoms with Crippen molar-refractivity contribution in [2.45, 2.75) is 33.6 Å². The van der Waals surface area contributed by atoms with Crippen molar-refractivity contribution in [2.75, 3.05) is 13.2 Å². The summed E-state index contributed by atoms with van der Waals surface area (Å²) in [5.41, 5.74) is -0.930. The van der Waals surface area contributed by atoms with E-state index in [1.54, 1.807) is 26.8 Å². The van der Waals surface area contributed by atoms with Crippen LogP contribution in [0.4, 0.5) is 0 Å². The number of carbonyl (C=O) groups is 2. The molecule has 7 heteroatoms. The average Bonchev–Trinajstić information content (AvgIpc) is 2.83. The zero-order valence-electron chi connectivity index (χ0n) is 11.9. The Balaban J connectivity index is 2.44. The Kier molecular flexibility index (Phi) is 5.54. The van der Waals surface area contributed by atoms with E-state index < -0.39 is 17.3 Å². The van der Waals surface area contributed by atoms with Crippen molar-refractivity contribution < 1.29 is 24.0 Å². The molecule has 0 aliphatic heterocycles. The number of carboxylic acid groups (broad SMARTS) is 1. The first kappa shape index (κ1) is 16.0. The quantitative estimate of drug-likeness (QED) is 0.747. The normalized spacial score (nSPS) is 11.2. The molecule has 1 aromatic rings. The largest absolute Gasteiger partial charge is 0.481 e. The smallest absolute Gasteiger partial charge is 0.311 e. The van der Waals surface area contributed by atoms with Crippen LogP contribution in [0.5, 0.6) is 5.88 Å². The van der Waals surface area contributed by atoms with Gasteiger partial charge in [-0.05, 0) is 24.9 Å². The Bertz CT molecular complexity index is 465. The molecule has 0 saturated heterocycles. The number of aliphatic carboxylic acids is 1. The molecule has 0 bridgehead atoms. The van der Waals surface area contributed by atoms with Crippen LogP contribution in [-0.2, 0) is 9.59 Å². The highest BCUT2D eigenvalue weighted by molar-refractivity contribution is 5.79. The molecule has 1 rings (SSSR count). The minimum Gasteiger partial charge on any atom is -0.481 e. The molecule has 0 aromatic carbocycles. The lowest BCUT2D eigenvalue weighted by Crippen LogP contribution is -2.43. The van der Waals surface area contributed by atoms with E-state index in [1.807, 2.05) is 0 Å². The third kappa shape index (κ3) is 3.97. The van der Waals surface area contributed by atoms with E-state index in [1.165, 1.54) is 0 Å². The predicted molar refractivity (Wildman–Crippen MR) is 70.4 cm³/mol. The Morgan fingerprint density at radius 2 is 2.10 bits per heavy atom. The van der Waals surface area contributed by atoms with E-state index >= 15 is 0 Å². The standard InChI is InChI=1S/C13H20N2O5/c1-4-13(5-2,12(17)18)8-14-10(16)7-19-11-6-9(3)20-15-11/h6H,4-5,7-8H2,1-3H3,(H,14,16)(H,17,18). The van der Waals surface area contributed by atoms with Crippen LogP contribution in [0.15, 0.2) is 10.6 Å². The van der Waals surface area contributed by atoms with Crippen LogP contribution in [0, 0.1) is 12.3 Å². The van der Waals surface area contributed by atoms with E-state index in [0.717, 1.165) is 0 Å². The molecule has 0 atom stereocenters. The molecule has 0 radical (unpaired) electrons. The fraction of sp³-hybridized carbons (Fsp3) is 0.615. The Labute approximate surface area is 117 Å². The van der Waals surface area contributed by atoms with E-state index in [-0.39, 0.29) is 19.0 Å². The van der Waals surface area contributed by atoms with E-state index in [4.69, 9.17) is 9.26 Å². The third-order valence-electron chi connectivity index (χ3n) is 3.39. The lowest BCUT2D eigenvalue weighted by Gasteiger charge is -2.26. The molecule has 1 heterocycles. The molecule has 1 aromatic heterocycles. The number of hydrogen-bond acceptors (Lipinski definition) is 5. The molecule has 20 heavy (non-hydrogen) atoms. The van der Waals surface area contributed by atoms with Crippen molar-refractivity contribution in [3.8, 4) is 5.88 Å². The van der Waals surface area contributed by atoms with E-state index in [0.29, 0.717) is 18.6 Å². The van der Waals surface area contributed by atoms with Gasteiger partial charge in [-0.25, -0.2) is 0 Å². The van der Waals surface area contributed by atoms with E-state index in [2.05, 4.69) is 10.5 Å². The molecule has 1 amide bonds. The van der Waals surface area contributed by atoms with Gasteiger partial charge in [0.15, 0.2) is 6.61 Å². The van der Waals surface area contributed by atoms with Gasteiger partial charge in [0, 0.05) is 12.6 Å². The second-order valence-electron chi connectivity index (χ2n) is 4.63. The SMILES string of the molecule is CCC(CC)(CNC(=O)COc1cc(C)on1)C(=O)O. The van der Waals surface area contributed by atoms with Crippen LogP contribution >= 0.6 is 0 Å². The van der Waals surface area contributed by atoms with Crippen molar-refractivity contribution in [3.05, 3.63) is 11.8 Å². The fourth-order valence-electron chi connectivity index (χ4n) is 1.75. The van der Waals surface area contributed by atoms with Crippen LogP contribution in [0.3, 0.4) is 0 Å². The topological polar surface area (TPSA) is 102 Å². The van der Waals surface area contributed by atoms with Gasteiger partial charge >= 0.3 is 5.97 Å². The summed E-state index contributed by atoms with van der Waals surface area (Å²) < 4.78 is 9.91. The Morgan fingerprint density at radius 3 is 2.55 bits per heavy atom. The molecule has 0 aliphatic carbocycles. The Hall–Kier alpha value is -2.05. The first-order valence-corrected chi connectivity index (χ1v) is 6.49. The maximum Gasteiger partial charge on any atom is 0.311 e. The summed E-state index contributed by atoms with van der Waals surface area (Å²) in [7, 11) is 0. The molecular formula is C13H20N2O5. The molecule has 0 aliphatic rings. The molecule has 0 spiro atoms. The van der Waals surface area contributed by atoms with Gasteiger partial charge in [-0.15, -0.1) is 0 Å². The highest BCUT2D eigenvalue weighted by Crippen LogP contribution is 2.25. The lowest BCUT2D eigenvalue weighted by atomic mass is 9.82. The van der Waals surface area contributed by atoms with Gasteiger partial charge in [-0.3, -0.25) is 9.59 Å². The second-order valence-corrected chi connectivity index (χ2v) is 4.63. The summed E-state index contributed by atoms with van der Waals surface area (Å²) in [6.45, 7) is 5.14. The maximum absolute atomic E-state index is 11.6. The maximum atomic E-state index is 11.6. The number of carbonyl (C=O) groups excluding carboxylic acids is 1. The number of hydrogen-bond donors (Lipinski definition) is 2.